The number of unbranched alkanes of at least 4 members (excludes halogenated alkanes) is 18. The maximum Gasteiger partial charge on any atom is 0.330 e. The normalized spacial score (nSPS) is 12.8. The van der Waals surface area contributed by atoms with Gasteiger partial charge in [-0.15, -0.1) is 0 Å². The smallest absolute Gasteiger partial charge is 0.330 e. The molecule has 0 bridgehead atoms. The van der Waals surface area contributed by atoms with Gasteiger partial charge in [-0.05, 0) is 19.3 Å². The summed E-state index contributed by atoms with van der Waals surface area (Å²) in [6, 6.07) is -2.22. The lowest BCUT2D eigenvalue weighted by Gasteiger charge is -2.20. The Hall–Kier alpha value is -2.34. The zero-order valence-electron chi connectivity index (χ0n) is 32.4. The van der Waals surface area contributed by atoms with Gasteiger partial charge in [-0.3, -0.25) is 19.2 Å². The third-order valence-corrected chi connectivity index (χ3v) is 9.78. The first-order chi connectivity index (χ1) is 24.7. The highest BCUT2D eigenvalue weighted by Gasteiger charge is 2.26. The number of methoxy groups -OCH3 is 1. The zero-order chi connectivity index (χ0) is 38.0. The molecular weight excluding hydrogens is 673 g/mol. The van der Waals surface area contributed by atoms with E-state index in [4.69, 9.17) is 9.47 Å². The van der Waals surface area contributed by atoms with Gasteiger partial charge in [0.1, 0.15) is 18.8 Å². The molecule has 12 heteroatoms. The van der Waals surface area contributed by atoms with Gasteiger partial charge >= 0.3 is 17.9 Å². The quantitative estimate of drug-likeness (QED) is 0.0341. The number of ether oxygens (including phenoxy) is 3. The Bertz CT molecular complexity index is 921. The van der Waals surface area contributed by atoms with Crippen molar-refractivity contribution in [3.8, 4) is 0 Å². The molecule has 0 saturated heterocycles. The topological polar surface area (TPSA) is 157 Å². The highest BCUT2D eigenvalue weighted by molar-refractivity contribution is 7.99. The second-order valence-corrected chi connectivity index (χ2v) is 14.7. The molecule has 11 nitrogen and oxygen atoms in total. The van der Waals surface area contributed by atoms with Crippen molar-refractivity contribution < 1.29 is 43.3 Å². The molecule has 3 atom stereocenters. The van der Waals surface area contributed by atoms with Crippen LogP contribution >= 0.6 is 11.8 Å². The molecule has 0 aliphatic rings. The lowest BCUT2D eigenvalue weighted by molar-refractivity contribution is -0.155. The monoisotopic (exact) mass is 744 g/mol. The van der Waals surface area contributed by atoms with Crippen molar-refractivity contribution in [1.29, 1.82) is 0 Å². The Morgan fingerprint density at radius 3 is 1.67 bits per heavy atom. The number of nitrogens with one attached hydrogen (secondary N) is 2. The fraction of sp³-hybridized carbons (Fsp3) is 0.872. The minimum atomic E-state index is -1.25. The molecule has 3 N–H and O–H groups in total. The van der Waals surface area contributed by atoms with Crippen molar-refractivity contribution in [3.63, 3.8) is 0 Å². The van der Waals surface area contributed by atoms with Gasteiger partial charge in [0, 0.05) is 24.9 Å². The van der Waals surface area contributed by atoms with Crippen LogP contribution in [0.2, 0.25) is 0 Å². The van der Waals surface area contributed by atoms with E-state index in [0.29, 0.717) is 18.6 Å². The van der Waals surface area contributed by atoms with E-state index in [2.05, 4.69) is 29.2 Å². The molecule has 0 fully saturated rings. The van der Waals surface area contributed by atoms with Crippen LogP contribution in [0, 0.1) is 0 Å². The average Bonchev–Trinajstić information content (AvgIpc) is 3.10. The second-order valence-electron chi connectivity index (χ2n) is 13.5. The molecule has 0 radical (unpaired) electrons. The van der Waals surface area contributed by atoms with Crippen LogP contribution in [0.4, 0.5) is 0 Å². The van der Waals surface area contributed by atoms with E-state index in [-0.39, 0.29) is 24.7 Å². The number of esters is 3. The number of rotatable bonds is 35. The van der Waals surface area contributed by atoms with Gasteiger partial charge in [0.25, 0.3) is 0 Å². The molecule has 0 aromatic rings. The number of hydrogen-bond donors (Lipinski definition) is 3. The number of aliphatic hydroxyl groups is 1. The highest BCUT2D eigenvalue weighted by atomic mass is 32.2. The third kappa shape index (κ3) is 29.9. The first-order valence-electron chi connectivity index (χ1n) is 19.9. The number of carbonyl (C=O) groups is 5. The Balaban J connectivity index is 4.69. The molecule has 0 spiro atoms. The van der Waals surface area contributed by atoms with Crippen LogP contribution in [-0.2, 0) is 38.2 Å². The van der Waals surface area contributed by atoms with Crippen molar-refractivity contribution in [2.24, 2.45) is 0 Å². The largest absolute Gasteiger partial charge is 0.467 e. The van der Waals surface area contributed by atoms with Gasteiger partial charge < -0.3 is 30.0 Å². The summed E-state index contributed by atoms with van der Waals surface area (Å²) in [7, 11) is 1.14. The SMILES string of the molecule is CCCCCCCCCCCCCC(=O)OC(CCCCCCCCCCC)CC(=O)OCCSCC(NC(C)=O)C(=O)NC(CO)C(=O)OC. The Morgan fingerprint density at radius 2 is 1.18 bits per heavy atom. The van der Waals surface area contributed by atoms with E-state index in [1.54, 1.807) is 0 Å². The van der Waals surface area contributed by atoms with Crippen molar-refractivity contribution in [2.75, 3.05) is 31.8 Å². The fourth-order valence-corrected chi connectivity index (χ4v) is 6.58. The summed E-state index contributed by atoms with van der Waals surface area (Å²) < 4.78 is 15.8. The Labute approximate surface area is 313 Å². The standard InChI is InChI=1S/C39H72N2O9S/c1-5-7-9-11-13-15-16-18-20-22-24-26-36(44)50-33(25-23-21-19-17-14-12-10-8-6-2)29-37(45)49-27-28-51-31-35(40-32(3)43)38(46)41-34(30-42)39(47)48-4/h33-35,42H,5-31H2,1-4H3,(H,40,43)(H,41,46). The third-order valence-electron chi connectivity index (χ3n) is 8.76. The summed E-state index contributed by atoms with van der Waals surface area (Å²) in [4.78, 5) is 61.5. The van der Waals surface area contributed by atoms with Crippen LogP contribution in [-0.4, -0.2) is 84.8 Å². The highest BCUT2D eigenvalue weighted by Crippen LogP contribution is 2.17. The lowest BCUT2D eigenvalue weighted by Crippen LogP contribution is -2.53. The lowest BCUT2D eigenvalue weighted by atomic mass is 10.0. The van der Waals surface area contributed by atoms with Crippen molar-refractivity contribution >= 4 is 41.5 Å². The molecule has 0 aromatic heterocycles. The van der Waals surface area contributed by atoms with Gasteiger partial charge in [0.05, 0.1) is 20.1 Å². The number of hydrogen-bond acceptors (Lipinski definition) is 10. The molecule has 0 aromatic carbocycles. The Morgan fingerprint density at radius 1 is 0.667 bits per heavy atom. The van der Waals surface area contributed by atoms with E-state index in [0.717, 1.165) is 45.6 Å². The average molecular weight is 745 g/mol. The molecule has 2 amide bonds. The Kier molecular flexibility index (Phi) is 33.1. The molecule has 0 saturated carbocycles. The predicted octanol–water partition coefficient (Wildman–Crippen LogP) is 7.34. The van der Waals surface area contributed by atoms with Crippen LogP contribution in [0.1, 0.15) is 168 Å². The van der Waals surface area contributed by atoms with Crippen LogP contribution in [0.5, 0.6) is 0 Å². The van der Waals surface area contributed by atoms with Crippen LogP contribution in [0.25, 0.3) is 0 Å². The summed E-state index contributed by atoms with van der Waals surface area (Å²) in [5.74, 6) is -2.07. The summed E-state index contributed by atoms with van der Waals surface area (Å²) in [5.41, 5.74) is 0. The number of thioether (sulfide) groups is 1. The number of aliphatic hydroxyl groups excluding tert-OH is 1. The van der Waals surface area contributed by atoms with Crippen molar-refractivity contribution in [1.82, 2.24) is 10.6 Å². The van der Waals surface area contributed by atoms with Gasteiger partial charge in [0.15, 0.2) is 6.04 Å². The van der Waals surface area contributed by atoms with Crippen LogP contribution < -0.4 is 10.6 Å². The molecule has 3 unspecified atom stereocenters. The van der Waals surface area contributed by atoms with Crippen molar-refractivity contribution in [2.45, 2.75) is 187 Å². The van der Waals surface area contributed by atoms with Gasteiger partial charge in [0.2, 0.25) is 11.8 Å². The molecule has 51 heavy (non-hydrogen) atoms. The van der Waals surface area contributed by atoms with E-state index >= 15 is 0 Å². The minimum Gasteiger partial charge on any atom is -0.467 e. The second kappa shape index (κ2) is 34.7. The van der Waals surface area contributed by atoms with Crippen LogP contribution in [0.3, 0.4) is 0 Å². The van der Waals surface area contributed by atoms with E-state index in [9.17, 15) is 29.1 Å². The fourth-order valence-electron chi connectivity index (χ4n) is 5.75. The number of amides is 2. The van der Waals surface area contributed by atoms with Crippen molar-refractivity contribution in [3.05, 3.63) is 0 Å². The van der Waals surface area contributed by atoms with Gasteiger partial charge in [-0.25, -0.2) is 4.79 Å². The first kappa shape index (κ1) is 48.7. The maximum atomic E-state index is 12.7. The molecule has 0 aliphatic heterocycles. The molecule has 298 valence electrons. The summed E-state index contributed by atoms with van der Waals surface area (Å²) in [6.45, 7) is 5.16. The van der Waals surface area contributed by atoms with E-state index in [1.807, 2.05) is 0 Å². The summed E-state index contributed by atoms with van der Waals surface area (Å²) in [5, 5.41) is 14.3. The first-order valence-corrected chi connectivity index (χ1v) is 21.0. The maximum absolute atomic E-state index is 12.7. The summed E-state index contributed by atoms with van der Waals surface area (Å²) in [6.07, 6.45) is 24.3. The predicted molar refractivity (Wildman–Crippen MR) is 204 cm³/mol. The van der Waals surface area contributed by atoms with Gasteiger partial charge in [-0.2, -0.15) is 11.8 Å². The molecule has 0 aliphatic carbocycles. The number of carbonyl (C=O) groups excluding carboxylic acids is 5. The minimum absolute atomic E-state index is 0.00131. The van der Waals surface area contributed by atoms with E-state index < -0.39 is 48.5 Å². The van der Waals surface area contributed by atoms with Crippen LogP contribution in [0.15, 0.2) is 0 Å². The molecular formula is C39H72N2O9S. The summed E-state index contributed by atoms with van der Waals surface area (Å²) >= 11 is 1.28. The van der Waals surface area contributed by atoms with E-state index in [1.165, 1.54) is 109 Å². The molecule has 0 rings (SSSR count). The van der Waals surface area contributed by atoms with Gasteiger partial charge in [-0.1, -0.05) is 129 Å². The molecule has 0 heterocycles. The zero-order valence-corrected chi connectivity index (χ0v) is 33.3.